The molecule has 0 saturated heterocycles. The SMILES string of the molecule is CC(C(=O)N(C)C)n1cnc(-c2ccc(N)cc2)n1. The molecule has 0 aliphatic rings. The molecule has 2 rings (SSSR count). The van der Waals surface area contributed by atoms with Crippen LogP contribution >= 0.6 is 0 Å². The maximum atomic E-state index is 11.9. The van der Waals surface area contributed by atoms with E-state index in [1.807, 2.05) is 12.1 Å². The fraction of sp³-hybridized carbons (Fsp3) is 0.308. The smallest absolute Gasteiger partial charge is 0.246 e. The Balaban J connectivity index is 2.24. The van der Waals surface area contributed by atoms with Crippen molar-refractivity contribution in [1.82, 2.24) is 19.7 Å². The van der Waals surface area contributed by atoms with Crippen molar-refractivity contribution >= 4 is 11.6 Å². The lowest BCUT2D eigenvalue weighted by atomic mass is 10.2. The van der Waals surface area contributed by atoms with Gasteiger partial charge in [0.2, 0.25) is 5.91 Å². The number of rotatable bonds is 3. The van der Waals surface area contributed by atoms with Crippen molar-refractivity contribution in [3.05, 3.63) is 30.6 Å². The van der Waals surface area contributed by atoms with Crippen LogP contribution in [0.1, 0.15) is 13.0 Å². The third kappa shape index (κ3) is 2.73. The molecule has 1 amide bonds. The van der Waals surface area contributed by atoms with Gasteiger partial charge >= 0.3 is 0 Å². The Morgan fingerprint density at radius 2 is 1.95 bits per heavy atom. The van der Waals surface area contributed by atoms with Crippen molar-refractivity contribution in [1.29, 1.82) is 0 Å². The molecule has 0 fully saturated rings. The first-order valence-electron chi connectivity index (χ1n) is 5.97. The zero-order chi connectivity index (χ0) is 14.0. The van der Waals surface area contributed by atoms with E-state index in [4.69, 9.17) is 5.73 Å². The van der Waals surface area contributed by atoms with Gasteiger partial charge in [0.15, 0.2) is 5.82 Å². The lowest BCUT2D eigenvalue weighted by Gasteiger charge is -2.16. The predicted octanol–water partition coefficient (Wildman–Crippen LogP) is 1.18. The summed E-state index contributed by atoms with van der Waals surface area (Å²) in [6.45, 7) is 1.80. The molecular weight excluding hydrogens is 242 g/mol. The number of nitrogen functional groups attached to an aromatic ring is 1. The van der Waals surface area contributed by atoms with Gasteiger partial charge in [-0.1, -0.05) is 0 Å². The number of carbonyl (C=O) groups excluding carboxylic acids is 1. The van der Waals surface area contributed by atoms with E-state index >= 15 is 0 Å². The Kier molecular flexibility index (Phi) is 3.50. The number of anilines is 1. The third-order valence-corrected chi connectivity index (χ3v) is 2.87. The van der Waals surface area contributed by atoms with Crippen LogP contribution in [0, 0.1) is 0 Å². The zero-order valence-corrected chi connectivity index (χ0v) is 11.2. The Morgan fingerprint density at radius 1 is 1.32 bits per heavy atom. The molecule has 0 spiro atoms. The van der Waals surface area contributed by atoms with Crippen LogP contribution in [0.3, 0.4) is 0 Å². The van der Waals surface area contributed by atoms with Crippen molar-refractivity contribution < 1.29 is 4.79 Å². The van der Waals surface area contributed by atoms with Gasteiger partial charge in [-0.15, -0.1) is 0 Å². The van der Waals surface area contributed by atoms with E-state index < -0.39 is 0 Å². The molecule has 100 valence electrons. The summed E-state index contributed by atoms with van der Waals surface area (Å²) in [6, 6.07) is 6.93. The molecule has 6 nitrogen and oxygen atoms in total. The van der Waals surface area contributed by atoms with Gasteiger partial charge in [-0.3, -0.25) is 4.79 Å². The number of carbonyl (C=O) groups is 1. The maximum absolute atomic E-state index is 11.9. The summed E-state index contributed by atoms with van der Waals surface area (Å²) in [5.41, 5.74) is 7.20. The van der Waals surface area contributed by atoms with Crippen LogP contribution < -0.4 is 5.73 Å². The first kappa shape index (κ1) is 13.1. The highest BCUT2D eigenvalue weighted by molar-refractivity contribution is 5.79. The van der Waals surface area contributed by atoms with E-state index in [-0.39, 0.29) is 11.9 Å². The molecule has 1 atom stereocenters. The van der Waals surface area contributed by atoms with Crippen molar-refractivity contribution in [2.75, 3.05) is 19.8 Å². The van der Waals surface area contributed by atoms with Gasteiger partial charge in [0.05, 0.1) is 0 Å². The lowest BCUT2D eigenvalue weighted by Crippen LogP contribution is -2.30. The molecule has 1 heterocycles. The number of hydrogen-bond acceptors (Lipinski definition) is 4. The molecule has 0 saturated carbocycles. The van der Waals surface area contributed by atoms with Crippen LogP contribution in [0.25, 0.3) is 11.4 Å². The Labute approximate surface area is 111 Å². The summed E-state index contributed by atoms with van der Waals surface area (Å²) in [5, 5.41) is 4.33. The Morgan fingerprint density at radius 3 is 2.53 bits per heavy atom. The summed E-state index contributed by atoms with van der Waals surface area (Å²) in [4.78, 5) is 17.6. The summed E-state index contributed by atoms with van der Waals surface area (Å²) >= 11 is 0. The second-order valence-electron chi connectivity index (χ2n) is 4.58. The summed E-state index contributed by atoms with van der Waals surface area (Å²) in [5.74, 6) is 0.562. The number of amides is 1. The van der Waals surface area contributed by atoms with Crippen molar-refractivity contribution in [2.45, 2.75) is 13.0 Å². The second-order valence-corrected chi connectivity index (χ2v) is 4.58. The summed E-state index contributed by atoms with van der Waals surface area (Å²) in [7, 11) is 3.44. The van der Waals surface area contributed by atoms with Crippen molar-refractivity contribution in [3.8, 4) is 11.4 Å². The molecule has 1 aromatic carbocycles. The van der Waals surface area contributed by atoms with E-state index in [0.717, 1.165) is 5.56 Å². The van der Waals surface area contributed by atoms with Gasteiger partial charge < -0.3 is 10.6 Å². The van der Waals surface area contributed by atoms with E-state index in [1.54, 1.807) is 44.2 Å². The molecule has 1 unspecified atom stereocenters. The highest BCUT2D eigenvalue weighted by Gasteiger charge is 2.18. The molecular formula is C13H17N5O. The van der Waals surface area contributed by atoms with Crippen LogP contribution in [0.5, 0.6) is 0 Å². The predicted molar refractivity (Wildman–Crippen MR) is 73.3 cm³/mol. The fourth-order valence-electron chi connectivity index (χ4n) is 1.71. The van der Waals surface area contributed by atoms with Crippen molar-refractivity contribution in [3.63, 3.8) is 0 Å². The van der Waals surface area contributed by atoms with E-state index in [0.29, 0.717) is 11.5 Å². The van der Waals surface area contributed by atoms with Crippen LogP contribution in [-0.4, -0.2) is 39.7 Å². The van der Waals surface area contributed by atoms with E-state index in [9.17, 15) is 4.79 Å². The first-order chi connectivity index (χ1) is 8.99. The lowest BCUT2D eigenvalue weighted by molar-refractivity contribution is -0.131. The number of hydrogen-bond donors (Lipinski definition) is 1. The maximum Gasteiger partial charge on any atom is 0.246 e. The molecule has 2 aromatic rings. The monoisotopic (exact) mass is 259 g/mol. The number of aromatic nitrogens is 3. The molecule has 19 heavy (non-hydrogen) atoms. The molecule has 0 aliphatic heterocycles. The normalized spacial score (nSPS) is 12.2. The minimum atomic E-state index is -0.370. The Bertz CT molecular complexity index is 573. The number of benzene rings is 1. The highest BCUT2D eigenvalue weighted by atomic mass is 16.2. The number of likely N-dealkylation sites (N-methyl/N-ethyl adjacent to an activating group) is 1. The average molecular weight is 259 g/mol. The summed E-state index contributed by atoms with van der Waals surface area (Å²) < 4.78 is 1.56. The van der Waals surface area contributed by atoms with Gasteiger partial charge in [0.25, 0.3) is 0 Å². The van der Waals surface area contributed by atoms with Crippen LogP contribution in [0.4, 0.5) is 5.69 Å². The average Bonchev–Trinajstić information content (AvgIpc) is 2.87. The topological polar surface area (TPSA) is 77.0 Å². The molecule has 2 N–H and O–H groups in total. The summed E-state index contributed by atoms with van der Waals surface area (Å²) in [6.07, 6.45) is 1.57. The quantitative estimate of drug-likeness (QED) is 0.840. The van der Waals surface area contributed by atoms with Crippen LogP contribution in [0.2, 0.25) is 0 Å². The first-order valence-corrected chi connectivity index (χ1v) is 5.97. The Hall–Kier alpha value is -2.37. The third-order valence-electron chi connectivity index (χ3n) is 2.87. The van der Waals surface area contributed by atoms with Crippen LogP contribution in [0.15, 0.2) is 30.6 Å². The van der Waals surface area contributed by atoms with Gasteiger partial charge in [-0.25, -0.2) is 9.67 Å². The molecule has 1 aromatic heterocycles. The standard InChI is InChI=1S/C13H17N5O/c1-9(13(19)17(2)3)18-8-15-12(16-18)10-4-6-11(14)7-5-10/h4-9H,14H2,1-3H3. The van der Waals surface area contributed by atoms with Gasteiger partial charge in [-0.2, -0.15) is 5.10 Å². The minimum absolute atomic E-state index is 0.0197. The largest absolute Gasteiger partial charge is 0.399 e. The van der Waals surface area contributed by atoms with Crippen molar-refractivity contribution in [2.24, 2.45) is 0 Å². The minimum Gasteiger partial charge on any atom is -0.399 e. The number of nitrogens with zero attached hydrogens (tertiary/aromatic N) is 4. The van der Waals surface area contributed by atoms with Gasteiger partial charge in [0, 0.05) is 25.3 Å². The van der Waals surface area contributed by atoms with E-state index in [1.165, 1.54) is 4.90 Å². The van der Waals surface area contributed by atoms with E-state index in [2.05, 4.69) is 10.1 Å². The van der Waals surface area contributed by atoms with Gasteiger partial charge in [-0.05, 0) is 31.2 Å². The zero-order valence-electron chi connectivity index (χ0n) is 11.2. The molecule has 0 aliphatic carbocycles. The van der Waals surface area contributed by atoms with Crippen LogP contribution in [-0.2, 0) is 4.79 Å². The van der Waals surface area contributed by atoms with Gasteiger partial charge in [0.1, 0.15) is 12.4 Å². The number of nitrogens with two attached hydrogens (primary N) is 1. The second kappa shape index (κ2) is 5.09. The molecule has 6 heteroatoms. The highest BCUT2D eigenvalue weighted by Crippen LogP contribution is 2.17. The fourth-order valence-corrected chi connectivity index (χ4v) is 1.71. The molecule has 0 radical (unpaired) electrons. The molecule has 0 bridgehead atoms.